The number of rotatable bonds is 5. The highest BCUT2D eigenvalue weighted by Gasteiger charge is 2.07. The Morgan fingerprint density at radius 2 is 0.962 bits per heavy atom. The monoisotopic (exact) mass is 335 g/mol. The summed E-state index contributed by atoms with van der Waals surface area (Å²) in [7, 11) is 0. The number of nitrogens with one attached hydrogen (secondary N) is 1. The van der Waals surface area contributed by atoms with Gasteiger partial charge >= 0.3 is 0 Å². The molecule has 0 saturated carbocycles. The van der Waals surface area contributed by atoms with Crippen LogP contribution in [-0.4, -0.2) is 0 Å². The zero-order chi connectivity index (χ0) is 17.6. The molecular formula is C25H21N. The second-order valence-electron chi connectivity index (χ2n) is 6.29. The van der Waals surface area contributed by atoms with Gasteiger partial charge in [0.05, 0.1) is 0 Å². The van der Waals surface area contributed by atoms with Gasteiger partial charge in [-0.15, -0.1) is 0 Å². The molecule has 0 atom stereocenters. The number of hydrogen-bond donors (Lipinski definition) is 1. The van der Waals surface area contributed by atoms with Crippen LogP contribution in [0.3, 0.4) is 0 Å². The van der Waals surface area contributed by atoms with Crippen LogP contribution in [0.1, 0.15) is 5.56 Å². The Hall–Kier alpha value is -3.32. The minimum absolute atomic E-state index is 0.787. The van der Waals surface area contributed by atoms with E-state index in [1.54, 1.807) is 0 Å². The molecule has 1 heteroatoms. The van der Waals surface area contributed by atoms with Gasteiger partial charge in [0, 0.05) is 17.8 Å². The van der Waals surface area contributed by atoms with Crippen molar-refractivity contribution in [3.8, 4) is 22.3 Å². The van der Waals surface area contributed by atoms with Gasteiger partial charge in [0.15, 0.2) is 0 Å². The van der Waals surface area contributed by atoms with Crippen molar-refractivity contribution in [1.29, 1.82) is 0 Å². The second kappa shape index (κ2) is 7.71. The van der Waals surface area contributed by atoms with E-state index in [2.05, 4.69) is 115 Å². The molecule has 0 bridgehead atoms. The lowest BCUT2D eigenvalue weighted by molar-refractivity contribution is 1.15. The van der Waals surface area contributed by atoms with E-state index in [0.29, 0.717) is 0 Å². The molecule has 0 aliphatic rings. The Bertz CT molecular complexity index is 892. The predicted octanol–water partition coefficient (Wildman–Crippen LogP) is 6.63. The third-order valence-corrected chi connectivity index (χ3v) is 4.58. The predicted molar refractivity (Wildman–Crippen MR) is 111 cm³/mol. The summed E-state index contributed by atoms with van der Waals surface area (Å²) in [5.74, 6) is 0. The fourth-order valence-electron chi connectivity index (χ4n) is 3.27. The molecule has 0 aliphatic carbocycles. The third-order valence-electron chi connectivity index (χ3n) is 4.58. The van der Waals surface area contributed by atoms with E-state index in [0.717, 1.165) is 12.2 Å². The van der Waals surface area contributed by atoms with Crippen molar-refractivity contribution < 1.29 is 0 Å². The molecular weight excluding hydrogens is 314 g/mol. The number of anilines is 1. The molecule has 26 heavy (non-hydrogen) atoms. The molecule has 0 saturated heterocycles. The zero-order valence-corrected chi connectivity index (χ0v) is 14.6. The van der Waals surface area contributed by atoms with Gasteiger partial charge in [-0.25, -0.2) is 0 Å². The molecule has 0 amide bonds. The highest BCUT2D eigenvalue weighted by molar-refractivity contribution is 5.78. The first kappa shape index (κ1) is 16.2. The molecule has 0 unspecified atom stereocenters. The first-order chi connectivity index (χ1) is 12.9. The normalized spacial score (nSPS) is 10.5. The molecule has 4 aromatic rings. The Balaban J connectivity index is 1.62. The maximum atomic E-state index is 3.64. The molecule has 0 heterocycles. The van der Waals surface area contributed by atoms with Gasteiger partial charge in [0.2, 0.25) is 0 Å². The van der Waals surface area contributed by atoms with Crippen LogP contribution in [-0.2, 0) is 6.54 Å². The van der Waals surface area contributed by atoms with Gasteiger partial charge < -0.3 is 5.32 Å². The zero-order valence-electron chi connectivity index (χ0n) is 14.6. The van der Waals surface area contributed by atoms with E-state index in [-0.39, 0.29) is 0 Å². The van der Waals surface area contributed by atoms with Crippen LogP contribution in [0.25, 0.3) is 22.3 Å². The van der Waals surface area contributed by atoms with Crippen LogP contribution in [0.5, 0.6) is 0 Å². The Morgan fingerprint density at radius 3 is 1.65 bits per heavy atom. The molecule has 0 radical (unpaired) electrons. The van der Waals surface area contributed by atoms with E-state index < -0.39 is 0 Å². The first-order valence-corrected chi connectivity index (χ1v) is 8.93. The molecule has 1 nitrogen and oxygen atoms in total. The van der Waals surface area contributed by atoms with Crippen molar-refractivity contribution in [3.63, 3.8) is 0 Å². The van der Waals surface area contributed by atoms with Crippen molar-refractivity contribution >= 4 is 5.69 Å². The van der Waals surface area contributed by atoms with Crippen molar-refractivity contribution in [1.82, 2.24) is 0 Å². The van der Waals surface area contributed by atoms with Crippen molar-refractivity contribution in [2.75, 3.05) is 5.32 Å². The van der Waals surface area contributed by atoms with Gasteiger partial charge in [-0.1, -0.05) is 103 Å². The largest absolute Gasteiger partial charge is 0.380 e. The molecule has 1 N–H and O–H groups in total. The molecule has 4 aromatic carbocycles. The quantitative estimate of drug-likeness (QED) is 0.431. The Labute approximate surface area is 155 Å². The van der Waals surface area contributed by atoms with E-state index >= 15 is 0 Å². The highest BCUT2D eigenvalue weighted by Crippen LogP contribution is 2.29. The minimum atomic E-state index is 0.787. The van der Waals surface area contributed by atoms with Crippen LogP contribution >= 0.6 is 0 Å². The lowest BCUT2D eigenvalue weighted by atomic mass is 9.99. The van der Waals surface area contributed by atoms with Crippen LogP contribution in [0.15, 0.2) is 109 Å². The smallest absolute Gasteiger partial charge is 0.0422 e. The summed E-state index contributed by atoms with van der Waals surface area (Å²) in [6, 6.07) is 38.1. The van der Waals surface area contributed by atoms with Crippen molar-refractivity contribution in [3.05, 3.63) is 115 Å². The third kappa shape index (κ3) is 3.52. The summed E-state index contributed by atoms with van der Waals surface area (Å²) in [4.78, 5) is 0. The van der Waals surface area contributed by atoms with E-state index in [1.807, 2.05) is 0 Å². The van der Waals surface area contributed by atoms with Crippen LogP contribution < -0.4 is 5.32 Å². The molecule has 0 aliphatic heterocycles. The van der Waals surface area contributed by atoms with Gasteiger partial charge in [-0.2, -0.15) is 0 Å². The Morgan fingerprint density at radius 1 is 0.462 bits per heavy atom. The SMILES string of the molecule is c1ccc(-c2ccccc2CNc2ccccc2-c2ccccc2)cc1. The molecule has 0 spiro atoms. The van der Waals surface area contributed by atoms with Crippen LogP contribution in [0.4, 0.5) is 5.69 Å². The second-order valence-corrected chi connectivity index (χ2v) is 6.29. The lowest BCUT2D eigenvalue weighted by Crippen LogP contribution is -2.02. The van der Waals surface area contributed by atoms with E-state index in [9.17, 15) is 0 Å². The fraction of sp³-hybridized carbons (Fsp3) is 0.0400. The minimum Gasteiger partial charge on any atom is -0.380 e. The van der Waals surface area contributed by atoms with Crippen molar-refractivity contribution in [2.24, 2.45) is 0 Å². The summed E-state index contributed by atoms with van der Waals surface area (Å²) in [6.07, 6.45) is 0. The van der Waals surface area contributed by atoms with Gasteiger partial charge in [0.25, 0.3) is 0 Å². The number of para-hydroxylation sites is 1. The molecule has 4 rings (SSSR count). The molecule has 126 valence electrons. The summed E-state index contributed by atoms with van der Waals surface area (Å²) in [6.45, 7) is 0.787. The first-order valence-electron chi connectivity index (χ1n) is 8.93. The Kier molecular flexibility index (Phi) is 4.79. The highest BCUT2D eigenvalue weighted by atomic mass is 14.9. The summed E-state index contributed by atoms with van der Waals surface area (Å²) in [5.41, 5.74) is 7.43. The average molecular weight is 335 g/mol. The maximum absolute atomic E-state index is 3.64. The number of benzene rings is 4. The van der Waals surface area contributed by atoms with Crippen molar-refractivity contribution in [2.45, 2.75) is 6.54 Å². The average Bonchev–Trinajstić information content (AvgIpc) is 2.74. The standard InChI is InChI=1S/C25H21N/c1-3-11-20(12-4-1)23-16-8-7-15-22(23)19-26-25-18-10-9-17-24(25)21-13-5-2-6-14-21/h1-18,26H,19H2. The summed E-state index contributed by atoms with van der Waals surface area (Å²) >= 11 is 0. The lowest BCUT2D eigenvalue weighted by Gasteiger charge is -2.15. The van der Waals surface area contributed by atoms with Crippen LogP contribution in [0.2, 0.25) is 0 Å². The number of hydrogen-bond acceptors (Lipinski definition) is 1. The van der Waals surface area contributed by atoms with Gasteiger partial charge in [0.1, 0.15) is 0 Å². The van der Waals surface area contributed by atoms with Crippen LogP contribution in [0, 0.1) is 0 Å². The molecule has 0 aromatic heterocycles. The van der Waals surface area contributed by atoms with Gasteiger partial charge in [-0.05, 0) is 28.3 Å². The fourth-order valence-corrected chi connectivity index (χ4v) is 3.27. The van der Waals surface area contributed by atoms with Gasteiger partial charge in [-0.3, -0.25) is 0 Å². The van der Waals surface area contributed by atoms with E-state index in [1.165, 1.54) is 27.8 Å². The topological polar surface area (TPSA) is 12.0 Å². The maximum Gasteiger partial charge on any atom is 0.0422 e. The molecule has 0 fully saturated rings. The summed E-state index contributed by atoms with van der Waals surface area (Å²) in [5, 5.41) is 3.64. The summed E-state index contributed by atoms with van der Waals surface area (Å²) < 4.78 is 0. The van der Waals surface area contributed by atoms with E-state index in [4.69, 9.17) is 0 Å².